The largest absolute Gasteiger partial charge is 0.458 e. The van der Waals surface area contributed by atoms with Gasteiger partial charge in [0.2, 0.25) is 41.4 Å². The maximum atomic E-state index is 15.5. The van der Waals surface area contributed by atoms with Crippen LogP contribution in [0.1, 0.15) is 148 Å². The summed E-state index contributed by atoms with van der Waals surface area (Å²) in [6, 6.07) is 15.4. The molecule has 4 aliphatic carbocycles. The van der Waals surface area contributed by atoms with Gasteiger partial charge in [0.1, 0.15) is 24.5 Å². The van der Waals surface area contributed by atoms with Gasteiger partial charge in [0.15, 0.2) is 5.60 Å². The van der Waals surface area contributed by atoms with Gasteiger partial charge in [-0.05, 0) is 129 Å². The number of nitrogens with zero attached hydrogens (tertiary/aromatic N) is 3. The molecule has 4 atom stereocenters. The number of benzene rings is 3. The van der Waals surface area contributed by atoms with Gasteiger partial charge in [-0.3, -0.25) is 38.4 Å². The number of fused-ring (bicyclic) bond motifs is 7. The number of carbonyl (C=O) groups is 8. The number of aliphatic hydroxyl groups is 1. The van der Waals surface area contributed by atoms with Gasteiger partial charge >= 0.3 is 5.97 Å². The van der Waals surface area contributed by atoms with Crippen LogP contribution in [0, 0.1) is 41.3 Å². The molecule has 3 aromatic carbocycles. The fraction of sp³-hybridized carbons (Fsp3) is 0.471. The molecule has 2 aromatic heterocycles. The highest BCUT2D eigenvalue weighted by Gasteiger charge is 2.71. The van der Waals surface area contributed by atoms with Crippen LogP contribution in [-0.4, -0.2) is 113 Å². The van der Waals surface area contributed by atoms with E-state index in [1.54, 1.807) is 38.7 Å². The second-order valence-electron chi connectivity index (χ2n) is 25.4. The number of anilines is 1. The summed E-state index contributed by atoms with van der Waals surface area (Å²) in [5.74, 6) is 1.95. The summed E-state index contributed by atoms with van der Waals surface area (Å²) in [6.45, 7) is 7.35. The number of nitrogens with one attached hydrogen (secondary N) is 6. The second-order valence-corrected chi connectivity index (χ2v) is 25.4. The van der Waals surface area contributed by atoms with Crippen LogP contribution in [0.3, 0.4) is 0 Å². The Labute approximate surface area is 525 Å². The average molecular weight is 1250 g/mol. The number of amides is 7. The number of aromatic nitrogens is 2. The third kappa shape index (κ3) is 12.6. The lowest BCUT2D eigenvalue weighted by Crippen LogP contribution is -2.70. The SMILES string of the molecule is CCC1(O)C(=O)OCc2c1cc1n(c2=O)Cc2c-1nc1cc(F)c(C)c3c1c2C(NC(=O)CNC(=O)C(CCCCN)NC(=O)C(NC(=O)CCOCCC(=O)NCC12CC(C(=O)NCCC(=O)N4Cc5ccccc5C#Cc5ccccc54)(C1)C2)C(C)C)CC3. The van der Waals surface area contributed by atoms with Crippen LogP contribution in [0.2, 0.25) is 0 Å². The van der Waals surface area contributed by atoms with Crippen molar-refractivity contribution in [2.45, 2.75) is 148 Å². The number of unbranched alkanes of at least 4 members (excludes halogenated alkanes) is 1. The van der Waals surface area contributed by atoms with E-state index in [4.69, 9.17) is 20.2 Å². The van der Waals surface area contributed by atoms with E-state index in [2.05, 4.69) is 43.7 Å². The molecular formula is C68H77FN10O12. The number of nitrogens with two attached hydrogens (primary N) is 1. The summed E-state index contributed by atoms with van der Waals surface area (Å²) >= 11 is 0. The van der Waals surface area contributed by atoms with Crippen molar-refractivity contribution in [3.63, 3.8) is 0 Å². The molecule has 0 spiro atoms. The number of hydrogen-bond acceptors (Lipinski definition) is 14. The van der Waals surface area contributed by atoms with Crippen LogP contribution in [0.25, 0.3) is 22.3 Å². The van der Waals surface area contributed by atoms with Gasteiger partial charge in [-0.25, -0.2) is 14.2 Å². The molecule has 22 nitrogen and oxygen atoms in total. The Morgan fingerprint density at radius 2 is 1.58 bits per heavy atom. The zero-order valence-electron chi connectivity index (χ0n) is 51.7. The number of carbonyl (C=O) groups excluding carboxylic acids is 8. The number of para-hydroxylation sites is 1. The highest BCUT2D eigenvalue weighted by Crippen LogP contribution is 2.73. The molecule has 4 unspecified atom stereocenters. The molecule has 12 rings (SSSR count). The van der Waals surface area contributed by atoms with Crippen molar-refractivity contribution < 1.29 is 57.3 Å². The predicted molar refractivity (Wildman–Crippen MR) is 332 cm³/mol. The first-order valence-electron chi connectivity index (χ1n) is 31.5. The monoisotopic (exact) mass is 1240 g/mol. The lowest BCUT2D eigenvalue weighted by atomic mass is 9.35. The molecule has 3 fully saturated rings. The molecule has 5 aromatic rings. The molecule has 23 heteroatoms. The normalized spacial score (nSPS) is 20.8. The van der Waals surface area contributed by atoms with Gasteiger partial charge in [-0.15, -0.1) is 0 Å². The summed E-state index contributed by atoms with van der Waals surface area (Å²) in [5, 5.41) is 29.3. The van der Waals surface area contributed by atoms with Crippen molar-refractivity contribution in [1.29, 1.82) is 0 Å². The summed E-state index contributed by atoms with van der Waals surface area (Å²) < 4.78 is 27.9. The van der Waals surface area contributed by atoms with Gasteiger partial charge in [0, 0.05) is 66.1 Å². The summed E-state index contributed by atoms with van der Waals surface area (Å²) in [4.78, 5) is 128. The molecule has 478 valence electrons. The molecule has 5 heterocycles. The fourth-order valence-corrected chi connectivity index (χ4v) is 14.1. The van der Waals surface area contributed by atoms with Crippen LogP contribution < -0.4 is 48.1 Å². The van der Waals surface area contributed by atoms with Crippen molar-refractivity contribution in [2.75, 3.05) is 44.3 Å². The van der Waals surface area contributed by atoms with E-state index in [-0.39, 0.29) is 99.3 Å². The van der Waals surface area contributed by atoms with Crippen molar-refractivity contribution in [1.82, 2.24) is 41.5 Å². The summed E-state index contributed by atoms with van der Waals surface area (Å²) in [5.41, 5.74) is 9.54. The Kier molecular flexibility index (Phi) is 18.3. The van der Waals surface area contributed by atoms with Gasteiger partial charge < -0.3 is 61.7 Å². The maximum Gasteiger partial charge on any atom is 0.343 e. The van der Waals surface area contributed by atoms with E-state index in [1.807, 2.05) is 48.5 Å². The quantitative estimate of drug-likeness (QED) is 0.0228. The molecule has 91 heavy (non-hydrogen) atoms. The summed E-state index contributed by atoms with van der Waals surface area (Å²) in [7, 11) is 0. The second kappa shape index (κ2) is 26.2. The molecule has 7 amide bonds. The fourth-order valence-electron chi connectivity index (χ4n) is 14.1. The minimum Gasteiger partial charge on any atom is -0.458 e. The third-order valence-electron chi connectivity index (χ3n) is 19.0. The van der Waals surface area contributed by atoms with Crippen molar-refractivity contribution in [2.24, 2.45) is 22.5 Å². The number of halogens is 1. The number of cyclic esters (lactones) is 1. The van der Waals surface area contributed by atoms with Gasteiger partial charge in [0.05, 0.1) is 72.5 Å². The smallest absolute Gasteiger partial charge is 0.343 e. The number of pyridine rings is 2. The van der Waals surface area contributed by atoms with E-state index in [0.29, 0.717) is 104 Å². The minimum absolute atomic E-state index is 0.0302. The summed E-state index contributed by atoms with van der Waals surface area (Å²) in [6.07, 6.45) is 3.85. The van der Waals surface area contributed by atoms with E-state index in [9.17, 15) is 48.3 Å². The molecular weight excluding hydrogens is 1170 g/mol. The van der Waals surface area contributed by atoms with E-state index >= 15 is 4.39 Å². The molecule has 9 N–H and O–H groups in total. The minimum atomic E-state index is -2.06. The van der Waals surface area contributed by atoms with E-state index in [0.717, 1.165) is 27.9 Å². The van der Waals surface area contributed by atoms with Crippen LogP contribution in [0.5, 0.6) is 0 Å². The topological polar surface area (TPSA) is 312 Å². The molecule has 3 aliphatic heterocycles. The predicted octanol–water partition coefficient (Wildman–Crippen LogP) is 4.04. The van der Waals surface area contributed by atoms with Crippen LogP contribution in [0.15, 0.2) is 65.5 Å². The van der Waals surface area contributed by atoms with E-state index in [1.165, 1.54) is 10.6 Å². The average Bonchev–Trinajstić information content (AvgIpc) is 0.918. The zero-order chi connectivity index (χ0) is 64.5. The number of esters is 1. The molecule has 2 bridgehead atoms. The maximum absolute atomic E-state index is 15.5. The third-order valence-corrected chi connectivity index (χ3v) is 19.0. The number of rotatable bonds is 25. The van der Waals surface area contributed by atoms with Crippen molar-refractivity contribution in [3.05, 3.63) is 127 Å². The standard InChI is InChI=1S/C68H77FN10O12/c1-5-68(89)46-28-52-60-44(32-79(52)63(86)45(46)33-91-65(68)88)58-48(20-19-43-39(4)47(69)29-50(75-60)57(43)58)74-55(82)30-72-61(84)49(15-10-11-24-70)76-62(85)59(38(2)3)77-54(81)23-27-90-26-22-53(80)73-37-66-34-67(35-66,36-66)64(87)71-25-21-56(83)78-31-42-14-7-6-12-40(42)17-18-41-13-8-9-16-51(41)78/h6-9,12-14,16,28-29,38,48-49,59,89H,5,10-11,15,19-27,30-37,70H2,1-4H3,(H,71,87)(H,72,84)(H,73,80)(H,74,82)(H,76,85)(H,77,81). The Morgan fingerprint density at radius 1 is 0.857 bits per heavy atom. The van der Waals surface area contributed by atoms with Crippen LogP contribution in [-0.2, 0) is 79.5 Å². The van der Waals surface area contributed by atoms with E-state index < -0.39 is 82.6 Å². The molecule has 3 saturated carbocycles. The number of hydrogen-bond donors (Lipinski definition) is 8. The Hall–Kier alpha value is -8.85. The number of ether oxygens (including phenoxy) is 2. The zero-order valence-corrected chi connectivity index (χ0v) is 51.7. The first kappa shape index (κ1) is 63.7. The highest BCUT2D eigenvalue weighted by molar-refractivity contribution is 5.97. The van der Waals surface area contributed by atoms with Gasteiger partial charge in [0.25, 0.3) is 5.56 Å². The first-order chi connectivity index (χ1) is 43.7. The van der Waals surface area contributed by atoms with Crippen molar-refractivity contribution in [3.8, 4) is 23.2 Å². The highest BCUT2D eigenvalue weighted by atomic mass is 19.1. The Balaban J connectivity index is 0.618. The Morgan fingerprint density at radius 3 is 2.33 bits per heavy atom. The van der Waals surface area contributed by atoms with Gasteiger partial charge in [-0.1, -0.05) is 62.9 Å². The molecule has 0 radical (unpaired) electrons. The number of aryl methyl sites for hydroxylation is 1. The first-order valence-corrected chi connectivity index (χ1v) is 31.5. The van der Waals surface area contributed by atoms with Crippen LogP contribution in [0.4, 0.5) is 10.1 Å². The molecule has 7 aliphatic rings. The van der Waals surface area contributed by atoms with Crippen molar-refractivity contribution >= 4 is 63.9 Å². The lowest BCUT2D eigenvalue weighted by Gasteiger charge is -2.69. The molecule has 0 saturated heterocycles. The lowest BCUT2D eigenvalue weighted by molar-refractivity contribution is -0.205. The Bertz CT molecular complexity index is 3930. The van der Waals surface area contributed by atoms with Gasteiger partial charge in [-0.2, -0.15) is 0 Å². The van der Waals surface area contributed by atoms with Crippen LogP contribution >= 0.6 is 0 Å².